The maximum absolute atomic E-state index is 14.9. The summed E-state index contributed by atoms with van der Waals surface area (Å²) in [5.74, 6) is -0.996. The Kier molecular flexibility index (Phi) is 5.94. The van der Waals surface area contributed by atoms with E-state index < -0.39 is 23.0 Å². The molecule has 0 bridgehead atoms. The van der Waals surface area contributed by atoms with E-state index in [1.54, 1.807) is 6.07 Å². The van der Waals surface area contributed by atoms with Crippen molar-refractivity contribution in [2.75, 3.05) is 5.32 Å². The summed E-state index contributed by atoms with van der Waals surface area (Å²) in [7, 11) is 0. The van der Waals surface area contributed by atoms with E-state index >= 15 is 0 Å². The lowest BCUT2D eigenvalue weighted by atomic mass is 9.97. The van der Waals surface area contributed by atoms with Crippen LogP contribution in [-0.2, 0) is 15.6 Å². The van der Waals surface area contributed by atoms with Crippen molar-refractivity contribution in [3.63, 3.8) is 0 Å². The number of rotatable bonds is 4. The van der Waals surface area contributed by atoms with Gasteiger partial charge in [-0.05, 0) is 48.9 Å². The van der Waals surface area contributed by atoms with Crippen molar-refractivity contribution in [3.8, 4) is 11.3 Å². The largest absolute Gasteiger partial charge is 0.319 e. The monoisotopic (exact) mass is 538 g/mol. The molecule has 1 aromatic heterocycles. The van der Waals surface area contributed by atoms with Crippen molar-refractivity contribution in [2.45, 2.75) is 6.92 Å². The lowest BCUT2D eigenvalue weighted by Gasteiger charge is -2.15. The number of anilines is 1. The molecule has 1 amide bonds. The number of hydrogen-bond donors (Lipinski definition) is 2. The highest BCUT2D eigenvalue weighted by molar-refractivity contribution is 9.10. The predicted octanol–water partition coefficient (Wildman–Crippen LogP) is 5.22. The molecule has 1 atom stereocenters. The molecule has 7 nitrogen and oxygen atoms in total. The molecule has 3 aromatic carbocycles. The van der Waals surface area contributed by atoms with Crippen LogP contribution in [0, 0.1) is 12.7 Å². The number of nitrogens with zero attached hydrogens (tertiary/aromatic N) is 2. The van der Waals surface area contributed by atoms with Gasteiger partial charge in [0.2, 0.25) is 0 Å². The topological polar surface area (TPSA) is 92.7 Å². The molecular formula is C24H16BrFN4O3S. The summed E-state index contributed by atoms with van der Waals surface area (Å²) in [4.78, 5) is 18.2. The summed E-state index contributed by atoms with van der Waals surface area (Å²) in [5, 5.41) is 3.32. The number of pyridine rings is 1. The first-order valence-corrected chi connectivity index (χ1v) is 11.9. The molecule has 0 spiro atoms. The predicted molar refractivity (Wildman–Crippen MR) is 133 cm³/mol. The standard InChI is InChI=1S/C24H16BrFN4O3S/c1-13-21(17-12-16(25)8-10-19(17)27-22(13)14-5-3-2-4-6-14)24(31)28-20-9-7-15(11-18(20)26)23-29-33-34(32)30-23/h2-12H,1H3,(H,28,31)(H,29,30). The third kappa shape index (κ3) is 4.23. The Labute approximate surface area is 205 Å². The van der Waals surface area contributed by atoms with E-state index in [-0.39, 0.29) is 11.5 Å². The molecule has 2 heterocycles. The number of amidine groups is 1. The zero-order valence-electron chi connectivity index (χ0n) is 17.6. The number of carbonyl (C=O) groups is 1. The number of hydrogen-bond acceptors (Lipinski definition) is 5. The fourth-order valence-electron chi connectivity index (χ4n) is 3.75. The number of fused-ring (bicyclic) bond motifs is 1. The lowest BCUT2D eigenvalue weighted by molar-refractivity contribution is 0.102. The molecule has 5 rings (SSSR count). The minimum absolute atomic E-state index is 0.00462. The summed E-state index contributed by atoms with van der Waals surface area (Å²) in [6.07, 6.45) is 0. The van der Waals surface area contributed by atoms with Crippen molar-refractivity contribution >= 4 is 55.5 Å². The van der Waals surface area contributed by atoms with Gasteiger partial charge in [0.25, 0.3) is 5.91 Å². The molecule has 0 saturated carbocycles. The summed E-state index contributed by atoms with van der Waals surface area (Å²) in [5.41, 5.74) is 5.98. The molecule has 34 heavy (non-hydrogen) atoms. The number of nitrogens with one attached hydrogen (secondary N) is 2. The second kappa shape index (κ2) is 9.05. The molecule has 2 N–H and O–H groups in total. The van der Waals surface area contributed by atoms with Gasteiger partial charge in [-0.15, -0.1) is 4.40 Å². The van der Waals surface area contributed by atoms with E-state index in [4.69, 9.17) is 4.98 Å². The molecule has 0 aliphatic carbocycles. The Morgan fingerprint density at radius 1 is 1.09 bits per heavy atom. The maximum Gasteiger partial charge on any atom is 0.309 e. The number of carbonyl (C=O) groups excluding carboxylic acids is 1. The quantitative estimate of drug-likeness (QED) is 0.371. The first-order valence-electron chi connectivity index (χ1n) is 10.1. The van der Waals surface area contributed by atoms with Gasteiger partial charge in [-0.3, -0.25) is 4.79 Å². The van der Waals surface area contributed by atoms with Crippen LogP contribution >= 0.6 is 15.9 Å². The Hall–Kier alpha value is -3.47. The average molecular weight is 539 g/mol. The van der Waals surface area contributed by atoms with Crippen LogP contribution in [0.25, 0.3) is 22.2 Å². The Bertz CT molecular complexity index is 1510. The maximum atomic E-state index is 14.9. The zero-order valence-corrected chi connectivity index (χ0v) is 20.0. The second-order valence-corrected chi connectivity index (χ2v) is 9.18. The van der Waals surface area contributed by atoms with Crippen LogP contribution in [0.4, 0.5) is 10.1 Å². The molecular weight excluding hydrogens is 523 g/mol. The Balaban J connectivity index is 1.57. The summed E-state index contributed by atoms with van der Waals surface area (Å²) >= 11 is 1.60. The van der Waals surface area contributed by atoms with Gasteiger partial charge in [-0.25, -0.2) is 19.1 Å². The van der Waals surface area contributed by atoms with Gasteiger partial charge >= 0.3 is 11.3 Å². The first-order chi connectivity index (χ1) is 16.4. The molecule has 1 unspecified atom stereocenters. The molecule has 4 aromatic rings. The van der Waals surface area contributed by atoms with Gasteiger partial charge in [-0.2, -0.15) is 4.28 Å². The van der Waals surface area contributed by atoms with E-state index in [0.717, 1.165) is 10.0 Å². The third-order valence-electron chi connectivity index (χ3n) is 5.33. The highest BCUT2D eigenvalue weighted by Crippen LogP contribution is 2.32. The van der Waals surface area contributed by atoms with E-state index in [2.05, 4.69) is 35.4 Å². The van der Waals surface area contributed by atoms with Crippen LogP contribution < -0.4 is 10.8 Å². The van der Waals surface area contributed by atoms with E-state index in [9.17, 15) is 13.4 Å². The van der Waals surface area contributed by atoms with Gasteiger partial charge in [0, 0.05) is 21.0 Å². The van der Waals surface area contributed by atoms with Gasteiger partial charge in [0.1, 0.15) is 5.82 Å². The molecule has 170 valence electrons. The summed E-state index contributed by atoms with van der Waals surface area (Å²) in [6.45, 7) is 1.83. The van der Waals surface area contributed by atoms with Crippen LogP contribution in [0.15, 0.2) is 75.6 Å². The number of halogens is 2. The normalized spacial score (nSPS) is 15.1. The lowest BCUT2D eigenvalue weighted by Crippen LogP contribution is -2.19. The third-order valence-corrected chi connectivity index (χ3v) is 6.38. The van der Waals surface area contributed by atoms with Gasteiger partial charge in [0.15, 0.2) is 5.84 Å². The van der Waals surface area contributed by atoms with Crippen LogP contribution in [0.2, 0.25) is 0 Å². The number of benzene rings is 3. The molecule has 0 radical (unpaired) electrons. The number of aromatic nitrogens is 1. The van der Waals surface area contributed by atoms with Crippen molar-refractivity contribution < 1.29 is 17.7 Å². The molecule has 10 heteroatoms. The SMILES string of the molecule is Cc1c(-c2ccccc2)nc2ccc(Br)cc2c1C(=O)Nc1ccc(C2=NS(=O)ON2)cc1F. The van der Waals surface area contributed by atoms with Crippen LogP contribution in [0.1, 0.15) is 21.5 Å². The Morgan fingerprint density at radius 2 is 1.88 bits per heavy atom. The summed E-state index contributed by atoms with van der Waals surface area (Å²) in [6, 6.07) is 19.2. The van der Waals surface area contributed by atoms with Crippen LogP contribution in [0.5, 0.6) is 0 Å². The van der Waals surface area contributed by atoms with Crippen molar-refractivity contribution in [2.24, 2.45) is 4.40 Å². The number of amides is 1. The first kappa shape index (κ1) is 22.3. The zero-order chi connectivity index (χ0) is 23.8. The highest BCUT2D eigenvalue weighted by Gasteiger charge is 2.21. The minimum Gasteiger partial charge on any atom is -0.319 e. The average Bonchev–Trinajstić information content (AvgIpc) is 3.26. The van der Waals surface area contributed by atoms with Crippen molar-refractivity contribution in [1.29, 1.82) is 0 Å². The van der Waals surface area contributed by atoms with E-state index in [1.807, 2.05) is 55.5 Å². The van der Waals surface area contributed by atoms with Crippen molar-refractivity contribution in [1.82, 2.24) is 10.5 Å². The van der Waals surface area contributed by atoms with E-state index in [0.29, 0.717) is 33.3 Å². The smallest absolute Gasteiger partial charge is 0.309 e. The highest BCUT2D eigenvalue weighted by atomic mass is 79.9. The Morgan fingerprint density at radius 3 is 2.59 bits per heavy atom. The molecule has 1 aliphatic rings. The van der Waals surface area contributed by atoms with Gasteiger partial charge in [-0.1, -0.05) is 46.3 Å². The fraction of sp³-hybridized carbons (Fsp3) is 0.0417. The van der Waals surface area contributed by atoms with Crippen molar-refractivity contribution in [3.05, 3.63) is 93.7 Å². The molecule has 0 fully saturated rings. The van der Waals surface area contributed by atoms with Gasteiger partial charge in [0.05, 0.1) is 22.5 Å². The molecule has 0 saturated heterocycles. The molecule has 1 aliphatic heterocycles. The summed E-state index contributed by atoms with van der Waals surface area (Å²) < 4.78 is 35.3. The van der Waals surface area contributed by atoms with Gasteiger partial charge < -0.3 is 5.32 Å². The number of hydroxylamine groups is 1. The van der Waals surface area contributed by atoms with Crippen LogP contribution in [-0.4, -0.2) is 20.9 Å². The van der Waals surface area contributed by atoms with Crippen LogP contribution in [0.3, 0.4) is 0 Å². The fourth-order valence-corrected chi connectivity index (χ4v) is 4.59. The van der Waals surface area contributed by atoms with E-state index in [1.165, 1.54) is 12.1 Å². The second-order valence-electron chi connectivity index (χ2n) is 7.48. The minimum atomic E-state index is -1.86.